The first-order valence-electron chi connectivity index (χ1n) is 7.02. The lowest BCUT2D eigenvalue weighted by molar-refractivity contribution is 0.258. The number of aromatic nitrogens is 1. The van der Waals surface area contributed by atoms with Gasteiger partial charge in [0.05, 0.1) is 10.7 Å². The maximum absolute atomic E-state index is 6.15. The monoisotopic (exact) mass is 282 g/mol. The Bertz CT molecular complexity index is 402. The SMILES string of the molecule is CCCN1CCN(c2ccc(Cl)c(CNC)n2)CC1. The number of hydrogen-bond acceptors (Lipinski definition) is 4. The molecule has 0 aliphatic carbocycles. The molecule has 0 bridgehead atoms. The van der Waals surface area contributed by atoms with E-state index in [1.165, 1.54) is 13.0 Å². The Morgan fingerprint density at radius 3 is 2.63 bits per heavy atom. The van der Waals surface area contributed by atoms with E-state index in [9.17, 15) is 0 Å². The Hall–Kier alpha value is -0.840. The van der Waals surface area contributed by atoms with Crippen LogP contribution < -0.4 is 10.2 Å². The lowest BCUT2D eigenvalue weighted by Gasteiger charge is -2.35. The summed E-state index contributed by atoms with van der Waals surface area (Å²) in [5, 5.41) is 3.84. The number of pyridine rings is 1. The summed E-state index contributed by atoms with van der Waals surface area (Å²) in [5.74, 6) is 1.05. The third kappa shape index (κ3) is 3.81. The molecule has 1 aliphatic rings. The third-order valence-electron chi connectivity index (χ3n) is 3.48. The zero-order valence-corrected chi connectivity index (χ0v) is 12.6. The molecule has 0 atom stereocenters. The normalized spacial score (nSPS) is 16.9. The molecule has 106 valence electrons. The number of nitrogens with one attached hydrogen (secondary N) is 1. The van der Waals surface area contributed by atoms with Crippen molar-refractivity contribution in [1.29, 1.82) is 0 Å². The lowest BCUT2D eigenvalue weighted by Crippen LogP contribution is -2.46. The Balaban J connectivity index is 2.01. The molecule has 0 spiro atoms. The summed E-state index contributed by atoms with van der Waals surface area (Å²) in [6, 6.07) is 3.98. The fourth-order valence-corrected chi connectivity index (χ4v) is 2.63. The minimum absolute atomic E-state index is 0.711. The van der Waals surface area contributed by atoms with Gasteiger partial charge in [0.25, 0.3) is 0 Å². The highest BCUT2D eigenvalue weighted by molar-refractivity contribution is 6.31. The standard InChI is InChI=1S/C14H23ClN4/c1-3-6-18-7-9-19(10-8-18)14-5-4-12(15)13(17-14)11-16-2/h4-5,16H,3,6-11H2,1-2H3. The largest absolute Gasteiger partial charge is 0.354 e. The zero-order chi connectivity index (χ0) is 13.7. The van der Waals surface area contributed by atoms with Crippen molar-refractivity contribution >= 4 is 17.4 Å². The van der Waals surface area contributed by atoms with Gasteiger partial charge in [0.1, 0.15) is 5.82 Å². The van der Waals surface area contributed by atoms with Crippen LogP contribution in [0, 0.1) is 0 Å². The van der Waals surface area contributed by atoms with E-state index < -0.39 is 0 Å². The minimum Gasteiger partial charge on any atom is -0.354 e. The fraction of sp³-hybridized carbons (Fsp3) is 0.643. The molecule has 1 N–H and O–H groups in total. The molecule has 1 aromatic rings. The van der Waals surface area contributed by atoms with Crippen molar-refractivity contribution in [3.05, 3.63) is 22.8 Å². The van der Waals surface area contributed by atoms with Crippen LogP contribution in [0.3, 0.4) is 0 Å². The van der Waals surface area contributed by atoms with Crippen LogP contribution in [0.15, 0.2) is 12.1 Å². The van der Waals surface area contributed by atoms with Gasteiger partial charge in [-0.3, -0.25) is 4.90 Å². The van der Waals surface area contributed by atoms with Crippen LogP contribution in [-0.4, -0.2) is 49.7 Å². The quantitative estimate of drug-likeness (QED) is 0.895. The molecule has 0 radical (unpaired) electrons. The van der Waals surface area contributed by atoms with E-state index >= 15 is 0 Å². The van der Waals surface area contributed by atoms with Crippen LogP contribution in [0.5, 0.6) is 0 Å². The summed E-state index contributed by atoms with van der Waals surface area (Å²) < 4.78 is 0. The predicted octanol–water partition coefficient (Wildman–Crippen LogP) is 1.99. The van der Waals surface area contributed by atoms with Gasteiger partial charge < -0.3 is 10.2 Å². The average molecular weight is 283 g/mol. The summed E-state index contributed by atoms with van der Waals surface area (Å²) in [6.45, 7) is 8.49. The first-order chi connectivity index (χ1) is 9.24. The highest BCUT2D eigenvalue weighted by atomic mass is 35.5. The zero-order valence-electron chi connectivity index (χ0n) is 11.8. The van der Waals surface area contributed by atoms with Gasteiger partial charge in [0, 0.05) is 32.7 Å². The smallest absolute Gasteiger partial charge is 0.129 e. The number of nitrogens with zero attached hydrogens (tertiary/aromatic N) is 3. The highest BCUT2D eigenvalue weighted by Gasteiger charge is 2.17. The van der Waals surface area contributed by atoms with Gasteiger partial charge in [-0.15, -0.1) is 0 Å². The summed E-state index contributed by atoms with van der Waals surface area (Å²) >= 11 is 6.15. The molecule has 0 unspecified atom stereocenters. The summed E-state index contributed by atoms with van der Waals surface area (Å²) in [5.41, 5.74) is 0.928. The van der Waals surface area contributed by atoms with Crippen molar-refractivity contribution in [1.82, 2.24) is 15.2 Å². The topological polar surface area (TPSA) is 31.4 Å². The van der Waals surface area contributed by atoms with Gasteiger partial charge in [-0.05, 0) is 32.1 Å². The number of hydrogen-bond donors (Lipinski definition) is 1. The second-order valence-corrected chi connectivity index (χ2v) is 5.36. The van der Waals surface area contributed by atoms with E-state index in [0.29, 0.717) is 6.54 Å². The molecule has 5 heteroatoms. The molecule has 1 fully saturated rings. The molecule has 0 aromatic carbocycles. The number of anilines is 1. The lowest BCUT2D eigenvalue weighted by atomic mass is 10.2. The van der Waals surface area contributed by atoms with Gasteiger partial charge in [0.2, 0.25) is 0 Å². The fourth-order valence-electron chi connectivity index (χ4n) is 2.46. The van der Waals surface area contributed by atoms with Crippen molar-refractivity contribution < 1.29 is 0 Å². The first kappa shape index (κ1) is 14.6. The first-order valence-corrected chi connectivity index (χ1v) is 7.39. The second kappa shape index (κ2) is 7.08. The third-order valence-corrected chi connectivity index (χ3v) is 3.83. The van der Waals surface area contributed by atoms with E-state index in [4.69, 9.17) is 11.6 Å². The molecule has 1 aliphatic heterocycles. The van der Waals surface area contributed by atoms with Crippen LogP contribution in [0.1, 0.15) is 19.0 Å². The van der Waals surface area contributed by atoms with Gasteiger partial charge in [0.15, 0.2) is 0 Å². The molecule has 19 heavy (non-hydrogen) atoms. The number of halogens is 1. The van der Waals surface area contributed by atoms with Gasteiger partial charge in [-0.1, -0.05) is 18.5 Å². The van der Waals surface area contributed by atoms with Crippen LogP contribution in [0.25, 0.3) is 0 Å². The van der Waals surface area contributed by atoms with Gasteiger partial charge in [-0.2, -0.15) is 0 Å². The predicted molar refractivity (Wildman–Crippen MR) is 81.0 cm³/mol. The molecule has 0 amide bonds. The number of piperazine rings is 1. The average Bonchev–Trinajstić information content (AvgIpc) is 2.43. The van der Waals surface area contributed by atoms with E-state index in [-0.39, 0.29) is 0 Å². The summed E-state index contributed by atoms with van der Waals surface area (Å²) in [6.07, 6.45) is 1.23. The maximum Gasteiger partial charge on any atom is 0.129 e. The van der Waals surface area contributed by atoms with Crippen LogP contribution in [0.2, 0.25) is 5.02 Å². The van der Waals surface area contributed by atoms with Gasteiger partial charge >= 0.3 is 0 Å². The Morgan fingerprint density at radius 1 is 1.26 bits per heavy atom. The Kier molecular flexibility index (Phi) is 5.43. The summed E-state index contributed by atoms with van der Waals surface area (Å²) in [4.78, 5) is 9.53. The molecular formula is C14H23ClN4. The van der Waals surface area contributed by atoms with Crippen molar-refractivity contribution in [2.45, 2.75) is 19.9 Å². The molecule has 1 saturated heterocycles. The highest BCUT2D eigenvalue weighted by Crippen LogP contribution is 2.20. The van der Waals surface area contributed by atoms with E-state index in [2.05, 4.69) is 27.0 Å². The maximum atomic E-state index is 6.15. The Labute approximate surface area is 120 Å². The van der Waals surface area contributed by atoms with Crippen molar-refractivity contribution in [2.75, 3.05) is 44.7 Å². The summed E-state index contributed by atoms with van der Waals surface area (Å²) in [7, 11) is 1.91. The number of rotatable bonds is 5. The van der Waals surface area contributed by atoms with Crippen molar-refractivity contribution in [3.8, 4) is 0 Å². The molecule has 2 rings (SSSR count). The van der Waals surface area contributed by atoms with E-state index in [1.807, 2.05) is 19.2 Å². The van der Waals surface area contributed by atoms with Crippen molar-refractivity contribution in [3.63, 3.8) is 0 Å². The molecule has 1 aromatic heterocycles. The second-order valence-electron chi connectivity index (χ2n) is 4.96. The molecular weight excluding hydrogens is 260 g/mol. The van der Waals surface area contributed by atoms with Crippen molar-refractivity contribution in [2.24, 2.45) is 0 Å². The van der Waals surface area contributed by atoms with Gasteiger partial charge in [-0.25, -0.2) is 4.98 Å². The van der Waals surface area contributed by atoms with E-state index in [1.54, 1.807) is 0 Å². The van der Waals surface area contributed by atoms with Crippen LogP contribution in [0.4, 0.5) is 5.82 Å². The molecule has 2 heterocycles. The van der Waals surface area contributed by atoms with E-state index in [0.717, 1.165) is 42.7 Å². The van der Waals surface area contributed by atoms with Crippen LogP contribution in [-0.2, 0) is 6.54 Å². The molecule has 4 nitrogen and oxygen atoms in total. The van der Waals surface area contributed by atoms with Crippen LogP contribution >= 0.6 is 11.6 Å². The molecule has 0 saturated carbocycles. The Morgan fingerprint density at radius 2 is 2.00 bits per heavy atom. The minimum atomic E-state index is 0.711.